The Morgan fingerprint density at radius 1 is 1.59 bits per heavy atom. The van der Waals surface area contributed by atoms with Crippen LogP contribution in [0, 0.1) is 6.92 Å². The molecule has 6 heteroatoms. The molecule has 1 aromatic rings. The quantitative estimate of drug-likeness (QED) is 0.785. The van der Waals surface area contributed by atoms with E-state index >= 15 is 0 Å². The van der Waals surface area contributed by atoms with E-state index in [1.807, 2.05) is 6.26 Å². The highest BCUT2D eigenvalue weighted by Gasteiger charge is 2.18. The SMILES string of the molecule is CSCC[C@H](NC(=O)c1occc1C)C(=O)[O-]. The Bertz CT molecular complexity index is 402. The van der Waals surface area contributed by atoms with E-state index in [9.17, 15) is 14.7 Å². The number of carbonyl (C=O) groups excluding carboxylic acids is 2. The van der Waals surface area contributed by atoms with Gasteiger partial charge in [0.2, 0.25) is 0 Å². The van der Waals surface area contributed by atoms with Gasteiger partial charge >= 0.3 is 0 Å². The summed E-state index contributed by atoms with van der Waals surface area (Å²) in [4.78, 5) is 22.5. The number of carbonyl (C=O) groups is 2. The van der Waals surface area contributed by atoms with Gasteiger partial charge in [-0.25, -0.2) is 0 Å². The molecule has 0 aromatic carbocycles. The van der Waals surface area contributed by atoms with E-state index < -0.39 is 17.9 Å². The summed E-state index contributed by atoms with van der Waals surface area (Å²) in [6, 6.07) is 0.657. The lowest BCUT2D eigenvalue weighted by Crippen LogP contribution is -2.48. The third-order valence-electron chi connectivity index (χ3n) is 2.27. The van der Waals surface area contributed by atoms with Gasteiger partial charge in [0, 0.05) is 5.56 Å². The number of aliphatic carboxylic acids is 1. The van der Waals surface area contributed by atoms with E-state index in [-0.39, 0.29) is 5.76 Å². The van der Waals surface area contributed by atoms with Gasteiger partial charge in [0.25, 0.3) is 5.91 Å². The number of rotatable bonds is 6. The number of nitrogens with one attached hydrogen (secondary N) is 1. The van der Waals surface area contributed by atoms with Gasteiger partial charge in [0.15, 0.2) is 5.76 Å². The van der Waals surface area contributed by atoms with Crippen molar-refractivity contribution in [3.8, 4) is 0 Å². The summed E-state index contributed by atoms with van der Waals surface area (Å²) in [5.41, 5.74) is 0.671. The van der Waals surface area contributed by atoms with E-state index in [0.29, 0.717) is 17.7 Å². The molecule has 1 rings (SSSR count). The molecule has 0 saturated carbocycles. The largest absolute Gasteiger partial charge is 0.548 e. The Morgan fingerprint density at radius 3 is 2.76 bits per heavy atom. The minimum atomic E-state index is -1.28. The lowest BCUT2D eigenvalue weighted by atomic mass is 10.2. The number of carboxylic acids is 1. The standard InChI is InChI=1S/C11H15NO4S/c1-7-3-5-16-9(7)10(13)12-8(11(14)15)4-6-17-2/h3,5,8H,4,6H2,1-2H3,(H,12,13)(H,14,15)/p-1/t8-/m0/s1. The van der Waals surface area contributed by atoms with Gasteiger partial charge < -0.3 is 19.6 Å². The van der Waals surface area contributed by atoms with Gasteiger partial charge in [-0.1, -0.05) is 0 Å². The lowest BCUT2D eigenvalue weighted by molar-refractivity contribution is -0.308. The molecule has 17 heavy (non-hydrogen) atoms. The van der Waals surface area contributed by atoms with Gasteiger partial charge in [-0.15, -0.1) is 0 Å². The minimum absolute atomic E-state index is 0.139. The van der Waals surface area contributed by atoms with E-state index in [4.69, 9.17) is 4.42 Å². The molecular formula is C11H14NO4S-. The fourth-order valence-electron chi connectivity index (χ4n) is 1.31. The van der Waals surface area contributed by atoms with E-state index in [1.165, 1.54) is 18.0 Å². The van der Waals surface area contributed by atoms with Crippen molar-refractivity contribution in [2.45, 2.75) is 19.4 Å². The Hall–Kier alpha value is -1.43. The van der Waals surface area contributed by atoms with Crippen LogP contribution in [0.1, 0.15) is 22.5 Å². The maximum absolute atomic E-state index is 11.7. The third kappa shape index (κ3) is 3.81. The zero-order valence-electron chi connectivity index (χ0n) is 9.69. The van der Waals surface area contributed by atoms with E-state index in [2.05, 4.69) is 5.32 Å². The fourth-order valence-corrected chi connectivity index (χ4v) is 1.79. The Morgan fingerprint density at radius 2 is 2.29 bits per heavy atom. The van der Waals surface area contributed by atoms with Crippen LogP contribution < -0.4 is 10.4 Å². The monoisotopic (exact) mass is 256 g/mol. The number of hydrogen-bond donors (Lipinski definition) is 1. The highest BCUT2D eigenvalue weighted by Crippen LogP contribution is 2.09. The van der Waals surface area contributed by atoms with Crippen molar-refractivity contribution in [2.24, 2.45) is 0 Å². The van der Waals surface area contributed by atoms with Crippen molar-refractivity contribution < 1.29 is 19.1 Å². The molecule has 0 fully saturated rings. The molecule has 0 bridgehead atoms. The summed E-state index contributed by atoms with van der Waals surface area (Å²) in [5.74, 6) is -1.03. The maximum atomic E-state index is 11.7. The molecule has 0 aliphatic carbocycles. The topological polar surface area (TPSA) is 82.4 Å². The van der Waals surface area contributed by atoms with Crippen LogP contribution >= 0.6 is 11.8 Å². The Balaban J connectivity index is 2.64. The van der Waals surface area contributed by atoms with Crippen molar-refractivity contribution in [3.05, 3.63) is 23.7 Å². The lowest BCUT2D eigenvalue weighted by Gasteiger charge is -2.18. The van der Waals surface area contributed by atoms with Crippen LogP contribution in [0.2, 0.25) is 0 Å². The van der Waals surface area contributed by atoms with Crippen LogP contribution in [0.3, 0.4) is 0 Å². The predicted octanol–water partition coefficient (Wildman–Crippen LogP) is 0.189. The maximum Gasteiger partial charge on any atom is 0.287 e. The molecule has 0 unspecified atom stereocenters. The first-order valence-electron chi connectivity index (χ1n) is 5.11. The highest BCUT2D eigenvalue weighted by atomic mass is 32.2. The molecule has 94 valence electrons. The fraction of sp³-hybridized carbons (Fsp3) is 0.455. The number of carboxylic acid groups (broad SMARTS) is 1. The van der Waals surface area contributed by atoms with Crippen molar-refractivity contribution in [2.75, 3.05) is 12.0 Å². The van der Waals surface area contributed by atoms with Crippen molar-refractivity contribution in [1.82, 2.24) is 5.32 Å². The number of amides is 1. The second-order valence-electron chi connectivity index (χ2n) is 3.56. The number of hydrogen-bond acceptors (Lipinski definition) is 5. The smallest absolute Gasteiger partial charge is 0.287 e. The Kier molecular flexibility index (Phi) is 5.09. The van der Waals surface area contributed by atoms with Crippen LogP contribution in [-0.2, 0) is 4.79 Å². The first-order valence-corrected chi connectivity index (χ1v) is 6.50. The normalized spacial score (nSPS) is 12.1. The van der Waals surface area contributed by atoms with Crippen LogP contribution in [0.5, 0.6) is 0 Å². The Labute approximate surface area is 104 Å². The molecule has 5 nitrogen and oxygen atoms in total. The average molecular weight is 256 g/mol. The second kappa shape index (κ2) is 6.34. The molecular weight excluding hydrogens is 242 g/mol. The number of thioether (sulfide) groups is 1. The zero-order valence-corrected chi connectivity index (χ0v) is 10.5. The minimum Gasteiger partial charge on any atom is -0.548 e. The average Bonchev–Trinajstić information content (AvgIpc) is 2.70. The second-order valence-corrected chi connectivity index (χ2v) is 4.54. The van der Waals surface area contributed by atoms with Gasteiger partial charge in [0.1, 0.15) is 0 Å². The van der Waals surface area contributed by atoms with Gasteiger partial charge in [-0.2, -0.15) is 11.8 Å². The summed E-state index contributed by atoms with van der Waals surface area (Å²) in [6.45, 7) is 1.72. The highest BCUT2D eigenvalue weighted by molar-refractivity contribution is 7.98. The van der Waals surface area contributed by atoms with Crippen molar-refractivity contribution in [3.63, 3.8) is 0 Å². The molecule has 0 radical (unpaired) electrons. The molecule has 0 aliphatic heterocycles. The van der Waals surface area contributed by atoms with Gasteiger partial charge in [-0.3, -0.25) is 4.79 Å². The molecule has 1 atom stereocenters. The molecule has 0 aliphatic rings. The molecule has 0 spiro atoms. The van der Waals surface area contributed by atoms with Crippen LogP contribution in [-0.4, -0.2) is 29.9 Å². The van der Waals surface area contributed by atoms with E-state index in [0.717, 1.165) is 0 Å². The number of furan rings is 1. The summed E-state index contributed by atoms with van der Waals surface area (Å²) in [7, 11) is 0. The molecule has 1 aromatic heterocycles. The zero-order chi connectivity index (χ0) is 12.8. The molecule has 0 saturated heterocycles. The van der Waals surface area contributed by atoms with Crippen LogP contribution in [0.4, 0.5) is 0 Å². The van der Waals surface area contributed by atoms with Crippen LogP contribution in [0.25, 0.3) is 0 Å². The van der Waals surface area contributed by atoms with Crippen molar-refractivity contribution >= 4 is 23.6 Å². The van der Waals surface area contributed by atoms with Gasteiger partial charge in [-0.05, 0) is 31.4 Å². The third-order valence-corrected chi connectivity index (χ3v) is 2.91. The summed E-state index contributed by atoms with van der Waals surface area (Å²) < 4.78 is 4.98. The molecule has 1 N–H and O–H groups in total. The predicted molar refractivity (Wildman–Crippen MR) is 62.7 cm³/mol. The summed E-state index contributed by atoms with van der Waals surface area (Å²) in [6.07, 6.45) is 3.58. The summed E-state index contributed by atoms with van der Waals surface area (Å²) >= 11 is 1.51. The molecule has 1 heterocycles. The molecule has 1 amide bonds. The van der Waals surface area contributed by atoms with Crippen LogP contribution in [0.15, 0.2) is 16.7 Å². The number of aryl methyl sites for hydroxylation is 1. The van der Waals surface area contributed by atoms with Crippen molar-refractivity contribution in [1.29, 1.82) is 0 Å². The van der Waals surface area contributed by atoms with E-state index in [1.54, 1.807) is 13.0 Å². The summed E-state index contributed by atoms with van der Waals surface area (Å²) in [5, 5.41) is 13.2. The first-order chi connectivity index (χ1) is 8.06. The first kappa shape index (κ1) is 13.6. The van der Waals surface area contributed by atoms with Gasteiger partial charge in [0.05, 0.1) is 18.3 Å².